The fourth-order valence-electron chi connectivity index (χ4n) is 12.1. The van der Waals surface area contributed by atoms with Crippen LogP contribution >= 0.6 is 0 Å². The SMILES string of the molecule is CCCCCC(CCCCC)CCOC(=O)CCC12CC3CC(CCC(=O)OCCC(CCCCC)CCCCC)(C1)CC(CCC(=O)OCCN(C)C(C)C)(C3)C2. The Morgan fingerprint density at radius 2 is 0.845 bits per heavy atom. The van der Waals surface area contributed by atoms with E-state index in [1.54, 1.807) is 0 Å². The monoisotopic (exact) mass is 816 g/mol. The summed E-state index contributed by atoms with van der Waals surface area (Å²) in [4.78, 5) is 42.0. The highest BCUT2D eigenvalue weighted by atomic mass is 16.5. The van der Waals surface area contributed by atoms with E-state index in [1.165, 1.54) is 103 Å². The summed E-state index contributed by atoms with van der Waals surface area (Å²) >= 11 is 0. The number of unbranched alkanes of at least 4 members (excludes halogenated alkanes) is 8. The summed E-state index contributed by atoms with van der Waals surface area (Å²) < 4.78 is 17.7. The second kappa shape index (κ2) is 27.3. The van der Waals surface area contributed by atoms with Crippen molar-refractivity contribution in [2.24, 2.45) is 34.0 Å². The van der Waals surface area contributed by atoms with E-state index in [9.17, 15) is 14.4 Å². The van der Waals surface area contributed by atoms with Crippen molar-refractivity contribution in [3.05, 3.63) is 0 Å². The minimum Gasteiger partial charge on any atom is -0.466 e. The lowest BCUT2D eigenvalue weighted by Gasteiger charge is -2.67. The Hall–Kier alpha value is -1.63. The van der Waals surface area contributed by atoms with E-state index in [1.807, 2.05) is 0 Å². The molecule has 0 radical (unpaired) electrons. The maximum atomic E-state index is 13.4. The summed E-state index contributed by atoms with van der Waals surface area (Å²) in [5.74, 6) is 1.72. The Bertz CT molecular complexity index is 1070. The highest BCUT2D eigenvalue weighted by Crippen LogP contribution is 2.73. The van der Waals surface area contributed by atoms with E-state index in [0.717, 1.165) is 77.2 Å². The molecule has 0 aromatic rings. The zero-order valence-corrected chi connectivity index (χ0v) is 39.2. The lowest BCUT2D eigenvalue weighted by atomic mass is 9.37. The molecular formula is C51H93NO6. The molecule has 0 spiro atoms. The first-order valence-electron chi connectivity index (χ1n) is 25.1. The molecule has 2 atom stereocenters. The molecule has 338 valence electrons. The number of hydrogen-bond acceptors (Lipinski definition) is 7. The summed E-state index contributed by atoms with van der Waals surface area (Å²) in [6.45, 7) is 15.6. The number of carbonyl (C=O) groups excluding carboxylic acids is 3. The molecule has 0 heterocycles. The van der Waals surface area contributed by atoms with Crippen molar-refractivity contribution in [3.8, 4) is 0 Å². The first-order valence-corrected chi connectivity index (χ1v) is 25.1. The lowest BCUT2D eigenvalue weighted by molar-refractivity contribution is -0.177. The largest absolute Gasteiger partial charge is 0.466 e. The summed E-state index contributed by atoms with van der Waals surface area (Å²) in [7, 11) is 2.07. The van der Waals surface area contributed by atoms with E-state index in [4.69, 9.17) is 14.2 Å². The van der Waals surface area contributed by atoms with Crippen LogP contribution in [0.2, 0.25) is 0 Å². The van der Waals surface area contributed by atoms with Crippen LogP contribution in [0.4, 0.5) is 0 Å². The third-order valence-corrected chi connectivity index (χ3v) is 15.0. The molecule has 2 unspecified atom stereocenters. The first kappa shape index (κ1) is 50.7. The van der Waals surface area contributed by atoms with Crippen molar-refractivity contribution < 1.29 is 28.6 Å². The van der Waals surface area contributed by atoms with Crippen LogP contribution in [0.1, 0.15) is 234 Å². The average Bonchev–Trinajstić information content (AvgIpc) is 3.18. The Morgan fingerprint density at radius 1 is 0.517 bits per heavy atom. The minimum absolute atomic E-state index is 0.0408. The molecule has 4 saturated carbocycles. The summed E-state index contributed by atoms with van der Waals surface area (Å²) in [5, 5.41) is 0. The third kappa shape index (κ3) is 18.6. The Balaban J connectivity index is 1.62. The topological polar surface area (TPSA) is 82.1 Å². The normalized spacial score (nSPS) is 23.7. The maximum Gasteiger partial charge on any atom is 0.305 e. The van der Waals surface area contributed by atoms with Crippen molar-refractivity contribution in [2.45, 2.75) is 240 Å². The second-order valence-corrected chi connectivity index (χ2v) is 20.5. The standard InChI is InChI=1S/C51H93NO6/c1-8-12-16-20-43(21-17-13-9-2)27-33-56-46(53)24-29-49-36-45-37-50(39-49,30-25-47(54)57-34-28-44(22-18-14-10-3)23-19-15-11-4)41-51(38-45,40-49)31-26-48(55)58-35-32-52(7)42(5)6/h42-45H,8-41H2,1-7H3. The van der Waals surface area contributed by atoms with Gasteiger partial charge in [0.2, 0.25) is 0 Å². The Kier molecular flexibility index (Phi) is 23.9. The van der Waals surface area contributed by atoms with Gasteiger partial charge >= 0.3 is 17.9 Å². The van der Waals surface area contributed by atoms with E-state index in [2.05, 4.69) is 53.5 Å². The second-order valence-electron chi connectivity index (χ2n) is 20.5. The predicted molar refractivity (Wildman–Crippen MR) is 240 cm³/mol. The van der Waals surface area contributed by atoms with Crippen LogP contribution in [0.25, 0.3) is 0 Å². The van der Waals surface area contributed by atoms with Crippen molar-refractivity contribution in [1.29, 1.82) is 0 Å². The molecule has 4 bridgehead atoms. The molecule has 0 saturated heterocycles. The number of rotatable bonds is 35. The zero-order valence-electron chi connectivity index (χ0n) is 39.2. The molecule has 0 N–H and O–H groups in total. The molecule has 0 aromatic heterocycles. The quantitative estimate of drug-likeness (QED) is 0.0358. The molecule has 0 amide bonds. The molecular weight excluding hydrogens is 723 g/mol. The first-order chi connectivity index (χ1) is 27.9. The van der Waals surface area contributed by atoms with Crippen LogP contribution in [0.5, 0.6) is 0 Å². The molecule has 0 aliphatic heterocycles. The van der Waals surface area contributed by atoms with Crippen LogP contribution < -0.4 is 0 Å². The van der Waals surface area contributed by atoms with E-state index < -0.39 is 0 Å². The molecule has 4 rings (SSSR count). The average molecular weight is 816 g/mol. The number of carbonyl (C=O) groups is 3. The zero-order chi connectivity index (χ0) is 42.3. The van der Waals surface area contributed by atoms with Gasteiger partial charge < -0.3 is 19.1 Å². The number of ether oxygens (including phenoxy) is 3. The number of likely N-dealkylation sites (N-methyl/N-ethyl adjacent to an activating group) is 1. The number of hydrogen-bond donors (Lipinski definition) is 0. The molecule has 0 aromatic carbocycles. The maximum absolute atomic E-state index is 13.4. The van der Waals surface area contributed by atoms with Crippen LogP contribution in [0.3, 0.4) is 0 Å². The summed E-state index contributed by atoms with van der Waals surface area (Å²) in [5.41, 5.74) is 0.202. The van der Waals surface area contributed by atoms with Gasteiger partial charge in [-0.05, 0) is 126 Å². The number of esters is 3. The predicted octanol–water partition coefficient (Wildman–Crippen LogP) is 13.6. The molecule has 7 nitrogen and oxygen atoms in total. The van der Waals surface area contributed by atoms with Gasteiger partial charge in [0.05, 0.1) is 13.2 Å². The van der Waals surface area contributed by atoms with Gasteiger partial charge in [0, 0.05) is 31.8 Å². The summed E-state index contributed by atoms with van der Waals surface area (Å²) in [6, 6.07) is 0.415. The van der Waals surface area contributed by atoms with E-state index in [-0.39, 0.29) is 34.2 Å². The Labute approximate surface area is 358 Å². The lowest BCUT2D eigenvalue weighted by Crippen LogP contribution is -2.57. The summed E-state index contributed by atoms with van der Waals surface area (Å²) in [6.07, 6.45) is 32.8. The van der Waals surface area contributed by atoms with Crippen molar-refractivity contribution in [2.75, 3.05) is 33.4 Å². The number of nitrogens with zero attached hydrogens (tertiary/aromatic N) is 1. The van der Waals surface area contributed by atoms with E-state index in [0.29, 0.717) is 62.9 Å². The molecule has 4 aliphatic rings. The van der Waals surface area contributed by atoms with Gasteiger partial charge in [-0.15, -0.1) is 0 Å². The van der Waals surface area contributed by atoms with Crippen LogP contribution in [0.15, 0.2) is 0 Å². The molecule has 7 heteroatoms. The van der Waals surface area contributed by atoms with Crippen LogP contribution in [-0.2, 0) is 28.6 Å². The minimum atomic E-state index is -0.0893. The third-order valence-electron chi connectivity index (χ3n) is 15.0. The van der Waals surface area contributed by atoms with Crippen LogP contribution in [-0.4, -0.2) is 62.3 Å². The van der Waals surface area contributed by atoms with Crippen molar-refractivity contribution in [3.63, 3.8) is 0 Å². The van der Waals surface area contributed by atoms with Gasteiger partial charge in [0.15, 0.2) is 0 Å². The fraction of sp³-hybridized carbons (Fsp3) is 0.941. The van der Waals surface area contributed by atoms with Gasteiger partial charge in [-0.2, -0.15) is 0 Å². The van der Waals surface area contributed by atoms with Gasteiger partial charge in [-0.1, -0.05) is 130 Å². The van der Waals surface area contributed by atoms with Crippen molar-refractivity contribution in [1.82, 2.24) is 4.90 Å². The van der Waals surface area contributed by atoms with Crippen molar-refractivity contribution >= 4 is 17.9 Å². The van der Waals surface area contributed by atoms with Gasteiger partial charge in [0.1, 0.15) is 6.61 Å². The highest BCUT2D eigenvalue weighted by Gasteiger charge is 2.62. The van der Waals surface area contributed by atoms with Gasteiger partial charge in [0.25, 0.3) is 0 Å². The van der Waals surface area contributed by atoms with Gasteiger partial charge in [-0.3, -0.25) is 14.4 Å². The molecule has 4 fully saturated rings. The fourth-order valence-corrected chi connectivity index (χ4v) is 12.1. The van der Waals surface area contributed by atoms with Gasteiger partial charge in [-0.25, -0.2) is 0 Å². The molecule has 58 heavy (non-hydrogen) atoms. The Morgan fingerprint density at radius 3 is 1.16 bits per heavy atom. The van der Waals surface area contributed by atoms with E-state index >= 15 is 0 Å². The highest BCUT2D eigenvalue weighted by molar-refractivity contribution is 5.70. The smallest absolute Gasteiger partial charge is 0.305 e. The molecule has 4 aliphatic carbocycles. The van der Waals surface area contributed by atoms with Crippen LogP contribution in [0, 0.1) is 34.0 Å².